The summed E-state index contributed by atoms with van der Waals surface area (Å²) in [4.78, 5) is 2.18. The van der Waals surface area contributed by atoms with Gasteiger partial charge in [0.15, 0.2) is 0 Å². The summed E-state index contributed by atoms with van der Waals surface area (Å²) in [5.74, 6) is -0.0660. The Morgan fingerprint density at radius 1 is 1.24 bits per heavy atom. The van der Waals surface area contributed by atoms with Crippen molar-refractivity contribution < 1.29 is 13.5 Å². The largest absolute Gasteiger partial charge is 0.392 e. The van der Waals surface area contributed by atoms with Gasteiger partial charge >= 0.3 is 0 Å². The number of nitrogens with one attached hydrogen (secondary N) is 1. The lowest BCUT2D eigenvalue weighted by Gasteiger charge is -2.23. The molecule has 0 aliphatic carbocycles. The molecule has 0 amide bonds. The molecule has 1 aromatic rings. The monoisotopic (exact) mass is 314 g/mol. The Morgan fingerprint density at radius 2 is 1.86 bits per heavy atom. The molecule has 0 aliphatic rings. The minimum Gasteiger partial charge on any atom is -0.392 e. The molecule has 0 fully saturated rings. The summed E-state index contributed by atoms with van der Waals surface area (Å²) >= 11 is 0. The molecule has 1 atom stereocenters. The molecule has 5 nitrogen and oxygen atoms in total. The third-order valence-corrected chi connectivity index (χ3v) is 4.81. The first-order valence-corrected chi connectivity index (χ1v) is 8.96. The van der Waals surface area contributed by atoms with Crippen LogP contribution in [0.1, 0.15) is 31.9 Å². The number of aliphatic hydroxyl groups excluding tert-OH is 1. The highest BCUT2D eigenvalue weighted by atomic mass is 32.2. The molecule has 0 radical (unpaired) electrons. The maximum atomic E-state index is 12.2. The fraction of sp³-hybridized carbons (Fsp3) is 0.600. The Balaban J connectivity index is 2.64. The summed E-state index contributed by atoms with van der Waals surface area (Å²) in [7, 11) is -3.38. The van der Waals surface area contributed by atoms with Crippen molar-refractivity contribution in [3.63, 3.8) is 0 Å². The van der Waals surface area contributed by atoms with Crippen LogP contribution in [0, 0.1) is 0 Å². The van der Waals surface area contributed by atoms with Crippen LogP contribution in [0.3, 0.4) is 0 Å². The first-order chi connectivity index (χ1) is 9.90. The molecule has 0 saturated carbocycles. The van der Waals surface area contributed by atoms with E-state index in [2.05, 4.69) is 23.5 Å². The van der Waals surface area contributed by atoms with Crippen molar-refractivity contribution in [3.8, 4) is 0 Å². The zero-order valence-electron chi connectivity index (χ0n) is 13.0. The van der Waals surface area contributed by atoms with Crippen LogP contribution < -0.4 is 4.72 Å². The summed E-state index contributed by atoms with van der Waals surface area (Å²) in [5.41, 5.74) is 1.41. The number of rotatable bonds is 9. The van der Waals surface area contributed by atoms with Gasteiger partial charge in [-0.25, -0.2) is 13.1 Å². The molecule has 0 aliphatic heterocycles. The quantitative estimate of drug-likeness (QED) is 0.721. The third kappa shape index (κ3) is 6.56. The van der Waals surface area contributed by atoms with Gasteiger partial charge in [-0.3, -0.25) is 0 Å². The first-order valence-electron chi connectivity index (χ1n) is 7.31. The van der Waals surface area contributed by atoms with Gasteiger partial charge < -0.3 is 10.0 Å². The second kappa shape index (κ2) is 8.48. The van der Waals surface area contributed by atoms with Gasteiger partial charge in [-0.15, -0.1) is 0 Å². The van der Waals surface area contributed by atoms with E-state index in [1.165, 1.54) is 0 Å². The fourth-order valence-electron chi connectivity index (χ4n) is 2.29. The van der Waals surface area contributed by atoms with E-state index in [0.29, 0.717) is 12.1 Å². The zero-order valence-corrected chi connectivity index (χ0v) is 13.9. The predicted octanol–water partition coefficient (Wildman–Crippen LogP) is 1.33. The van der Waals surface area contributed by atoms with E-state index in [1.807, 2.05) is 6.92 Å². The van der Waals surface area contributed by atoms with Crippen LogP contribution in [0.2, 0.25) is 0 Å². The van der Waals surface area contributed by atoms with Crippen molar-refractivity contribution in [2.24, 2.45) is 0 Å². The number of benzene rings is 1. The molecule has 1 aromatic carbocycles. The number of aliphatic hydroxyl groups is 1. The first kappa shape index (κ1) is 18.1. The van der Waals surface area contributed by atoms with Gasteiger partial charge in [-0.2, -0.15) is 0 Å². The fourth-order valence-corrected chi connectivity index (χ4v) is 3.68. The van der Waals surface area contributed by atoms with Crippen molar-refractivity contribution in [2.45, 2.75) is 39.2 Å². The zero-order chi connectivity index (χ0) is 15.9. The van der Waals surface area contributed by atoms with Gasteiger partial charge in [0.1, 0.15) is 0 Å². The minimum atomic E-state index is -3.38. The van der Waals surface area contributed by atoms with Crippen LogP contribution in [0.4, 0.5) is 0 Å². The van der Waals surface area contributed by atoms with Crippen LogP contribution in [0.15, 0.2) is 24.3 Å². The molecule has 120 valence electrons. The van der Waals surface area contributed by atoms with Crippen molar-refractivity contribution in [1.29, 1.82) is 0 Å². The molecular weight excluding hydrogens is 288 g/mol. The van der Waals surface area contributed by atoms with Crippen LogP contribution in [0.5, 0.6) is 0 Å². The number of sulfonamides is 1. The summed E-state index contributed by atoms with van der Waals surface area (Å²) < 4.78 is 27.1. The Labute approximate surface area is 128 Å². The van der Waals surface area contributed by atoms with E-state index in [4.69, 9.17) is 5.11 Å². The van der Waals surface area contributed by atoms with E-state index in [0.717, 1.165) is 18.7 Å². The molecule has 1 unspecified atom stereocenters. The van der Waals surface area contributed by atoms with Gasteiger partial charge in [-0.05, 0) is 31.1 Å². The lowest BCUT2D eigenvalue weighted by molar-refractivity contribution is 0.281. The highest BCUT2D eigenvalue weighted by molar-refractivity contribution is 7.88. The molecule has 1 rings (SSSR count). The second-order valence-corrected chi connectivity index (χ2v) is 7.00. The Bertz CT molecular complexity index is 527. The van der Waals surface area contributed by atoms with Crippen LogP contribution in [0.25, 0.3) is 0 Å². The molecule has 0 spiro atoms. The molecule has 0 heterocycles. The van der Waals surface area contributed by atoms with E-state index >= 15 is 0 Å². The second-order valence-electron chi connectivity index (χ2n) is 5.24. The lowest BCUT2D eigenvalue weighted by Crippen LogP contribution is -2.42. The molecule has 0 aromatic heterocycles. The van der Waals surface area contributed by atoms with E-state index in [9.17, 15) is 8.42 Å². The number of hydrogen-bond acceptors (Lipinski definition) is 4. The standard InChI is InChI=1S/C15H26N2O3S/c1-4-17(5-2)10-13(3)16-21(19,20)12-15-8-6-7-14(9-15)11-18/h6-9,13,16,18H,4-5,10-12H2,1-3H3. The highest BCUT2D eigenvalue weighted by Crippen LogP contribution is 2.09. The normalized spacial score (nSPS) is 13.6. The van der Waals surface area contributed by atoms with E-state index in [-0.39, 0.29) is 18.4 Å². The summed E-state index contributed by atoms with van der Waals surface area (Å²) in [6, 6.07) is 6.88. The SMILES string of the molecule is CCN(CC)CC(C)NS(=O)(=O)Cc1cccc(CO)c1. The van der Waals surface area contributed by atoms with Crippen molar-refractivity contribution >= 4 is 10.0 Å². The third-order valence-electron chi connectivity index (χ3n) is 3.34. The minimum absolute atomic E-state index is 0.0660. The van der Waals surface area contributed by atoms with Gasteiger partial charge in [0.05, 0.1) is 12.4 Å². The summed E-state index contributed by atoms with van der Waals surface area (Å²) in [6.45, 7) is 8.42. The van der Waals surface area contributed by atoms with Crippen molar-refractivity contribution in [3.05, 3.63) is 35.4 Å². The maximum absolute atomic E-state index is 12.2. The maximum Gasteiger partial charge on any atom is 0.216 e. The highest BCUT2D eigenvalue weighted by Gasteiger charge is 2.17. The molecular formula is C15H26N2O3S. The van der Waals surface area contributed by atoms with Gasteiger partial charge in [-0.1, -0.05) is 38.1 Å². The molecule has 0 bridgehead atoms. The molecule has 0 saturated heterocycles. The Kier molecular flexibility index (Phi) is 7.31. The molecule has 21 heavy (non-hydrogen) atoms. The van der Waals surface area contributed by atoms with E-state index < -0.39 is 10.0 Å². The number of hydrogen-bond donors (Lipinski definition) is 2. The van der Waals surface area contributed by atoms with Crippen molar-refractivity contribution in [1.82, 2.24) is 9.62 Å². The number of nitrogens with zero attached hydrogens (tertiary/aromatic N) is 1. The van der Waals surface area contributed by atoms with Crippen LogP contribution in [-0.2, 0) is 22.4 Å². The Hall–Kier alpha value is -0.950. The molecule has 6 heteroatoms. The summed E-state index contributed by atoms with van der Waals surface area (Å²) in [6.07, 6.45) is 0. The average molecular weight is 314 g/mol. The van der Waals surface area contributed by atoms with Crippen LogP contribution >= 0.6 is 0 Å². The predicted molar refractivity (Wildman–Crippen MR) is 85.4 cm³/mol. The average Bonchev–Trinajstić information content (AvgIpc) is 2.43. The van der Waals surface area contributed by atoms with Crippen molar-refractivity contribution in [2.75, 3.05) is 19.6 Å². The topological polar surface area (TPSA) is 69.6 Å². The Morgan fingerprint density at radius 3 is 2.43 bits per heavy atom. The van der Waals surface area contributed by atoms with Gasteiger partial charge in [0.25, 0.3) is 0 Å². The lowest BCUT2D eigenvalue weighted by atomic mass is 10.1. The van der Waals surface area contributed by atoms with Gasteiger partial charge in [0.2, 0.25) is 10.0 Å². The summed E-state index contributed by atoms with van der Waals surface area (Å²) in [5, 5.41) is 9.09. The van der Waals surface area contributed by atoms with E-state index in [1.54, 1.807) is 24.3 Å². The molecule has 2 N–H and O–H groups in total. The van der Waals surface area contributed by atoms with Crippen LogP contribution in [-0.4, -0.2) is 44.1 Å². The number of likely N-dealkylation sites (N-methyl/N-ethyl adjacent to an activating group) is 1. The smallest absolute Gasteiger partial charge is 0.216 e. The van der Waals surface area contributed by atoms with Gasteiger partial charge in [0, 0.05) is 12.6 Å².